The molecule has 0 rings (SSSR count). The molecule has 0 aromatic heterocycles. The van der Waals surface area contributed by atoms with E-state index in [1.165, 1.54) is 0 Å². The van der Waals surface area contributed by atoms with E-state index < -0.39 is 25.5 Å². The Bertz CT molecular complexity index is 91.0. The van der Waals surface area contributed by atoms with Gasteiger partial charge in [0, 0.05) is 0 Å². The topological polar surface area (TPSA) is 87.0 Å². The molecule has 0 saturated heterocycles. The van der Waals surface area contributed by atoms with E-state index in [4.69, 9.17) is 15.3 Å². The number of hydrogen-bond acceptors (Lipinski definition) is 5. The summed E-state index contributed by atoms with van der Waals surface area (Å²) in [5, 5.41) is 24.5. The van der Waals surface area contributed by atoms with Gasteiger partial charge < -0.3 is 20.1 Å². The first kappa shape index (κ1) is 8.35. The fourth-order valence-corrected chi connectivity index (χ4v) is 0.234. The van der Waals surface area contributed by atoms with Gasteiger partial charge >= 0.3 is 5.97 Å². The van der Waals surface area contributed by atoms with Gasteiger partial charge in [-0.3, -0.25) is 0 Å². The fourth-order valence-electron chi connectivity index (χ4n) is 0.234. The van der Waals surface area contributed by atoms with Crippen molar-refractivity contribution in [1.29, 1.82) is 0 Å². The number of carbonyl (C=O) groups is 1. The third kappa shape index (κ3) is 3.02. The molecule has 1 unspecified atom stereocenters. The number of hydrogen-bond donors (Lipinski definition) is 3. The molecule has 0 bridgehead atoms. The maximum absolute atomic E-state index is 10.2. The Hall–Kier alpha value is -0.650. The summed E-state index contributed by atoms with van der Waals surface area (Å²) in [4.78, 5) is 10.2. The van der Waals surface area contributed by atoms with Gasteiger partial charge in [-0.25, -0.2) is 4.79 Å². The summed E-state index contributed by atoms with van der Waals surface area (Å²) in [6, 6.07) is 0. The highest BCUT2D eigenvalue weighted by molar-refractivity contribution is 5.74. The van der Waals surface area contributed by atoms with Gasteiger partial charge in [-0.15, -0.1) is 0 Å². The summed E-state index contributed by atoms with van der Waals surface area (Å²) >= 11 is 0. The Kier molecular flexibility index (Phi) is 3.94. The molecule has 9 heavy (non-hydrogen) atoms. The van der Waals surface area contributed by atoms with Gasteiger partial charge in [0.2, 0.25) is 0 Å². The maximum Gasteiger partial charge on any atom is 0.339 e. The molecule has 54 valence electrons. The summed E-state index contributed by atoms with van der Waals surface area (Å²) < 4.78 is 3.90. The highest BCUT2D eigenvalue weighted by atomic mass is 16.6. The minimum absolute atomic E-state index is 0.696. The van der Waals surface area contributed by atoms with Gasteiger partial charge in [0.15, 0.2) is 12.9 Å². The molecule has 0 radical (unpaired) electrons. The van der Waals surface area contributed by atoms with Crippen molar-refractivity contribution in [3.05, 3.63) is 0 Å². The van der Waals surface area contributed by atoms with E-state index >= 15 is 0 Å². The van der Waals surface area contributed by atoms with Crippen molar-refractivity contribution in [2.24, 2.45) is 0 Å². The zero-order valence-electron chi connectivity index (χ0n) is 4.65. The molecule has 1 atom stereocenters. The third-order valence-corrected chi connectivity index (χ3v) is 0.652. The van der Waals surface area contributed by atoms with E-state index in [2.05, 4.69) is 4.74 Å². The first-order valence-electron chi connectivity index (χ1n) is 2.28. The minimum Gasteiger partial charge on any atom is -0.437 e. The second-order valence-electron chi connectivity index (χ2n) is 1.29. The van der Waals surface area contributed by atoms with Crippen LogP contribution < -0.4 is 0 Å². The average Bonchev–Trinajstić information content (AvgIpc) is 1.87. The van der Waals surface area contributed by atoms with Crippen LogP contribution in [-0.2, 0) is 9.53 Å². The largest absolute Gasteiger partial charge is 0.437 e. The summed E-state index contributed by atoms with van der Waals surface area (Å²) in [5.41, 5.74) is 0. The van der Waals surface area contributed by atoms with Crippen LogP contribution in [0, 0.1) is 0 Å². The summed E-state index contributed by atoms with van der Waals surface area (Å²) in [6.07, 6.45) is -1.54. The summed E-state index contributed by atoms with van der Waals surface area (Å²) in [6.45, 7) is -1.48. The van der Waals surface area contributed by atoms with E-state index in [0.29, 0.717) is 0 Å². The van der Waals surface area contributed by atoms with Crippen molar-refractivity contribution in [2.45, 2.75) is 6.10 Å². The van der Waals surface area contributed by atoms with E-state index in [1.54, 1.807) is 0 Å². The third-order valence-electron chi connectivity index (χ3n) is 0.652. The number of ether oxygens (including phenoxy) is 1. The lowest BCUT2D eigenvalue weighted by atomic mass is 10.4. The van der Waals surface area contributed by atoms with Crippen LogP contribution in [0.3, 0.4) is 0 Å². The number of aliphatic hydroxyl groups is 3. The quantitative estimate of drug-likeness (QED) is 0.303. The number of esters is 1. The van der Waals surface area contributed by atoms with Crippen LogP contribution in [0.4, 0.5) is 0 Å². The van der Waals surface area contributed by atoms with Crippen molar-refractivity contribution >= 4 is 5.97 Å². The molecule has 3 N–H and O–H groups in total. The standard InChI is InChI=1S/C4H8O5/c5-1-3(7)4(8)9-2-6/h3,5-7H,1-2H2. The predicted molar refractivity (Wildman–Crippen MR) is 26.3 cm³/mol. The van der Waals surface area contributed by atoms with Crippen molar-refractivity contribution in [1.82, 2.24) is 0 Å². The maximum atomic E-state index is 10.2. The van der Waals surface area contributed by atoms with E-state index in [-0.39, 0.29) is 0 Å². The molecule has 0 heterocycles. The first-order chi connectivity index (χ1) is 4.22. The molecule has 5 nitrogen and oxygen atoms in total. The molecular formula is C4H8O5. The van der Waals surface area contributed by atoms with Gasteiger partial charge in [0.1, 0.15) is 0 Å². The number of aliphatic hydroxyl groups excluding tert-OH is 3. The van der Waals surface area contributed by atoms with Crippen LogP contribution in [0.2, 0.25) is 0 Å². The minimum atomic E-state index is -1.54. The lowest BCUT2D eigenvalue weighted by Crippen LogP contribution is -2.26. The Morgan fingerprint density at radius 3 is 2.44 bits per heavy atom. The highest BCUT2D eigenvalue weighted by Crippen LogP contribution is 1.84. The lowest BCUT2D eigenvalue weighted by Gasteiger charge is -2.03. The van der Waals surface area contributed by atoms with Gasteiger partial charge in [-0.1, -0.05) is 0 Å². The zero-order valence-corrected chi connectivity index (χ0v) is 4.65. The Morgan fingerprint density at radius 1 is 1.56 bits per heavy atom. The number of rotatable bonds is 3. The Morgan fingerprint density at radius 2 is 2.11 bits per heavy atom. The molecule has 0 aliphatic carbocycles. The van der Waals surface area contributed by atoms with Gasteiger partial charge in [-0.05, 0) is 0 Å². The molecule has 0 saturated carbocycles. The van der Waals surface area contributed by atoms with Crippen LogP contribution in [-0.4, -0.2) is 40.8 Å². The fraction of sp³-hybridized carbons (Fsp3) is 0.750. The van der Waals surface area contributed by atoms with Crippen molar-refractivity contribution in [3.8, 4) is 0 Å². The monoisotopic (exact) mass is 136 g/mol. The smallest absolute Gasteiger partial charge is 0.339 e. The number of carbonyl (C=O) groups excluding carboxylic acids is 1. The Balaban J connectivity index is 3.46. The average molecular weight is 136 g/mol. The van der Waals surface area contributed by atoms with Gasteiger partial charge in [0.05, 0.1) is 6.61 Å². The van der Waals surface area contributed by atoms with Crippen molar-refractivity contribution in [3.63, 3.8) is 0 Å². The van der Waals surface area contributed by atoms with Crippen LogP contribution in [0.15, 0.2) is 0 Å². The SMILES string of the molecule is O=C(OCO)C(O)CO. The molecule has 0 fully saturated rings. The summed E-state index contributed by atoms with van der Waals surface area (Å²) in [5.74, 6) is -1.03. The second kappa shape index (κ2) is 4.25. The molecule has 0 spiro atoms. The van der Waals surface area contributed by atoms with Crippen LogP contribution in [0.1, 0.15) is 0 Å². The molecule has 5 heteroatoms. The lowest BCUT2D eigenvalue weighted by molar-refractivity contribution is -0.163. The van der Waals surface area contributed by atoms with Crippen LogP contribution in [0.25, 0.3) is 0 Å². The molecular weight excluding hydrogens is 128 g/mol. The van der Waals surface area contributed by atoms with Gasteiger partial charge in [-0.2, -0.15) is 0 Å². The van der Waals surface area contributed by atoms with E-state index in [1.807, 2.05) is 0 Å². The van der Waals surface area contributed by atoms with E-state index in [0.717, 1.165) is 0 Å². The van der Waals surface area contributed by atoms with Crippen LogP contribution >= 0.6 is 0 Å². The Labute approximate surface area is 51.5 Å². The van der Waals surface area contributed by atoms with Crippen molar-refractivity contribution in [2.75, 3.05) is 13.4 Å². The van der Waals surface area contributed by atoms with Crippen molar-refractivity contribution < 1.29 is 24.9 Å². The molecule has 0 aliphatic rings. The van der Waals surface area contributed by atoms with E-state index in [9.17, 15) is 4.79 Å². The molecule has 0 amide bonds. The predicted octanol–water partition coefficient (Wildman–Crippen LogP) is -2.17. The molecule has 0 aromatic rings. The summed E-state index contributed by atoms with van der Waals surface area (Å²) in [7, 11) is 0. The van der Waals surface area contributed by atoms with Gasteiger partial charge in [0.25, 0.3) is 0 Å². The second-order valence-corrected chi connectivity index (χ2v) is 1.29. The molecule has 0 aromatic carbocycles. The first-order valence-corrected chi connectivity index (χ1v) is 2.28. The normalized spacial score (nSPS) is 12.8. The highest BCUT2D eigenvalue weighted by Gasteiger charge is 2.13. The zero-order chi connectivity index (χ0) is 7.28. The van der Waals surface area contributed by atoms with Crippen LogP contribution in [0.5, 0.6) is 0 Å². The molecule has 0 aliphatic heterocycles.